The molecule has 1 saturated heterocycles. The maximum absolute atomic E-state index is 11.8. The van der Waals surface area contributed by atoms with Gasteiger partial charge in [-0.1, -0.05) is 0 Å². The van der Waals surface area contributed by atoms with E-state index in [1.807, 2.05) is 6.07 Å². The third-order valence-electron chi connectivity index (χ3n) is 2.92. The van der Waals surface area contributed by atoms with Crippen molar-refractivity contribution in [1.29, 1.82) is 5.26 Å². The minimum atomic E-state index is -0.960. The van der Waals surface area contributed by atoms with E-state index in [0.717, 1.165) is 0 Å². The Morgan fingerprint density at radius 3 is 2.74 bits per heavy atom. The number of carbonyl (C=O) groups is 2. The number of nitrogens with zero attached hydrogens (tertiary/aromatic N) is 2. The van der Waals surface area contributed by atoms with E-state index < -0.39 is 18.1 Å². The molecular weight excluding hydrogens is 248 g/mol. The highest BCUT2D eigenvalue weighted by molar-refractivity contribution is 5.90. The number of anilines is 1. The zero-order valence-corrected chi connectivity index (χ0v) is 10.1. The fraction of sp³-hybridized carbons (Fsp3) is 0.308. The van der Waals surface area contributed by atoms with Gasteiger partial charge in [-0.05, 0) is 24.3 Å². The summed E-state index contributed by atoms with van der Waals surface area (Å²) >= 11 is 0. The highest BCUT2D eigenvalue weighted by atomic mass is 16.6. The molecule has 1 aliphatic rings. The molecule has 0 spiro atoms. The number of aliphatic carboxylic acids is 1. The van der Waals surface area contributed by atoms with Gasteiger partial charge in [-0.3, -0.25) is 9.69 Å². The predicted octanol–water partition coefficient (Wildman–Crippen LogP) is 1.75. The summed E-state index contributed by atoms with van der Waals surface area (Å²) in [4.78, 5) is 23.9. The Kier molecular flexibility index (Phi) is 3.66. The van der Waals surface area contributed by atoms with Gasteiger partial charge in [0.15, 0.2) is 0 Å². The molecule has 1 N–H and O–H groups in total. The fourth-order valence-corrected chi connectivity index (χ4v) is 2.04. The maximum atomic E-state index is 11.8. The van der Waals surface area contributed by atoms with Gasteiger partial charge in [0, 0.05) is 12.1 Å². The van der Waals surface area contributed by atoms with Crippen molar-refractivity contribution < 1.29 is 19.4 Å². The number of carbonyl (C=O) groups excluding carboxylic acids is 1. The van der Waals surface area contributed by atoms with Crippen LogP contribution in [0.4, 0.5) is 10.5 Å². The minimum Gasteiger partial charge on any atom is -0.481 e. The van der Waals surface area contributed by atoms with Crippen molar-refractivity contribution in [2.75, 3.05) is 11.5 Å². The average Bonchev–Trinajstić information content (AvgIpc) is 2.38. The Morgan fingerprint density at radius 1 is 1.47 bits per heavy atom. The molecule has 98 valence electrons. The molecule has 0 saturated carbocycles. The molecule has 6 nitrogen and oxygen atoms in total. The molecule has 0 aliphatic carbocycles. The Hall–Kier alpha value is -2.55. The zero-order valence-electron chi connectivity index (χ0n) is 10.1. The first-order chi connectivity index (χ1) is 9.11. The number of nitriles is 1. The molecule has 6 heteroatoms. The van der Waals surface area contributed by atoms with E-state index in [0.29, 0.717) is 17.7 Å². The highest BCUT2D eigenvalue weighted by Gasteiger charge is 2.32. The van der Waals surface area contributed by atoms with E-state index in [4.69, 9.17) is 15.1 Å². The van der Waals surface area contributed by atoms with Crippen LogP contribution in [0, 0.1) is 11.3 Å². The number of benzene rings is 1. The molecule has 19 heavy (non-hydrogen) atoms. The van der Waals surface area contributed by atoms with Crippen molar-refractivity contribution in [2.24, 2.45) is 0 Å². The summed E-state index contributed by atoms with van der Waals surface area (Å²) in [6, 6.07) is 7.94. The van der Waals surface area contributed by atoms with Gasteiger partial charge in [0.05, 0.1) is 30.7 Å². The molecule has 0 bridgehead atoms. The molecule has 1 aromatic rings. The first kappa shape index (κ1) is 12.9. The molecule has 0 radical (unpaired) electrons. The van der Waals surface area contributed by atoms with Crippen molar-refractivity contribution in [3.63, 3.8) is 0 Å². The summed E-state index contributed by atoms with van der Waals surface area (Å²) in [5.41, 5.74) is 1.01. The predicted molar refractivity (Wildman–Crippen MR) is 65.6 cm³/mol. The summed E-state index contributed by atoms with van der Waals surface area (Å²) in [6.07, 6.45) is -0.213. The van der Waals surface area contributed by atoms with Gasteiger partial charge in [0.25, 0.3) is 0 Å². The molecule has 1 aromatic carbocycles. The van der Waals surface area contributed by atoms with Crippen LogP contribution < -0.4 is 4.90 Å². The SMILES string of the molecule is N#Cc1ccc(N2C(=O)OCCC2CC(=O)O)cc1. The lowest BCUT2D eigenvalue weighted by atomic mass is 10.1. The molecular formula is C13H12N2O4. The van der Waals surface area contributed by atoms with Gasteiger partial charge in [-0.15, -0.1) is 0 Å². The fourth-order valence-electron chi connectivity index (χ4n) is 2.04. The van der Waals surface area contributed by atoms with Crippen molar-refractivity contribution in [3.05, 3.63) is 29.8 Å². The smallest absolute Gasteiger partial charge is 0.414 e. The minimum absolute atomic E-state index is 0.130. The second-order valence-corrected chi connectivity index (χ2v) is 4.18. The third-order valence-corrected chi connectivity index (χ3v) is 2.92. The molecule has 0 aromatic heterocycles. The third kappa shape index (κ3) is 2.83. The topological polar surface area (TPSA) is 90.6 Å². The summed E-state index contributed by atoms with van der Waals surface area (Å²) < 4.78 is 4.94. The lowest BCUT2D eigenvalue weighted by Gasteiger charge is -2.34. The quantitative estimate of drug-likeness (QED) is 0.893. The van der Waals surface area contributed by atoms with E-state index in [-0.39, 0.29) is 13.0 Å². The van der Waals surface area contributed by atoms with Gasteiger partial charge >= 0.3 is 12.1 Å². The first-order valence-electron chi connectivity index (χ1n) is 5.80. The highest BCUT2D eigenvalue weighted by Crippen LogP contribution is 2.25. The lowest BCUT2D eigenvalue weighted by molar-refractivity contribution is -0.137. The Bertz CT molecular complexity index is 533. The molecule has 1 heterocycles. The number of ether oxygens (including phenoxy) is 1. The van der Waals surface area contributed by atoms with Crippen LogP contribution in [0.5, 0.6) is 0 Å². The van der Waals surface area contributed by atoms with Crippen molar-refractivity contribution >= 4 is 17.7 Å². The summed E-state index contributed by atoms with van der Waals surface area (Å²) in [7, 11) is 0. The number of carboxylic acid groups (broad SMARTS) is 1. The van der Waals surface area contributed by atoms with Crippen LogP contribution in [0.1, 0.15) is 18.4 Å². The second-order valence-electron chi connectivity index (χ2n) is 4.18. The molecule has 1 unspecified atom stereocenters. The largest absolute Gasteiger partial charge is 0.481 e. The van der Waals surface area contributed by atoms with Crippen LogP contribution in [0.15, 0.2) is 24.3 Å². The van der Waals surface area contributed by atoms with E-state index in [9.17, 15) is 9.59 Å². The van der Waals surface area contributed by atoms with E-state index >= 15 is 0 Å². The van der Waals surface area contributed by atoms with E-state index in [1.54, 1.807) is 24.3 Å². The molecule has 1 aliphatic heterocycles. The van der Waals surface area contributed by atoms with Crippen LogP contribution in [0.2, 0.25) is 0 Å². The monoisotopic (exact) mass is 260 g/mol. The van der Waals surface area contributed by atoms with Crippen LogP contribution in [0.3, 0.4) is 0 Å². The van der Waals surface area contributed by atoms with Gasteiger partial charge < -0.3 is 9.84 Å². The number of carboxylic acids is 1. The molecule has 2 rings (SSSR count). The van der Waals surface area contributed by atoms with Gasteiger partial charge in [0.2, 0.25) is 0 Å². The van der Waals surface area contributed by atoms with E-state index in [1.165, 1.54) is 4.90 Å². The van der Waals surface area contributed by atoms with Crippen molar-refractivity contribution in [2.45, 2.75) is 18.9 Å². The first-order valence-corrected chi connectivity index (χ1v) is 5.80. The molecule has 1 fully saturated rings. The Morgan fingerprint density at radius 2 is 2.16 bits per heavy atom. The number of hydrogen-bond acceptors (Lipinski definition) is 4. The van der Waals surface area contributed by atoms with Gasteiger partial charge in [-0.25, -0.2) is 4.79 Å². The summed E-state index contributed by atoms with van der Waals surface area (Å²) in [5, 5.41) is 17.6. The second kappa shape index (κ2) is 5.40. The van der Waals surface area contributed by atoms with Gasteiger partial charge in [-0.2, -0.15) is 5.26 Å². The summed E-state index contributed by atoms with van der Waals surface area (Å²) in [5.74, 6) is -0.960. The number of hydrogen-bond donors (Lipinski definition) is 1. The normalized spacial score (nSPS) is 18.6. The van der Waals surface area contributed by atoms with E-state index in [2.05, 4.69) is 0 Å². The summed E-state index contributed by atoms with van der Waals surface area (Å²) in [6.45, 7) is 0.226. The van der Waals surface area contributed by atoms with Crippen LogP contribution in [-0.2, 0) is 9.53 Å². The average molecular weight is 260 g/mol. The zero-order chi connectivity index (χ0) is 13.8. The standard InChI is InChI=1S/C13H12N2O4/c14-8-9-1-3-10(4-2-9)15-11(7-12(16)17)5-6-19-13(15)18/h1-4,11H,5-7H2,(H,16,17). The van der Waals surface area contributed by atoms with Crippen molar-refractivity contribution in [1.82, 2.24) is 0 Å². The van der Waals surface area contributed by atoms with Gasteiger partial charge in [0.1, 0.15) is 0 Å². The van der Waals surface area contributed by atoms with Crippen LogP contribution in [-0.4, -0.2) is 29.8 Å². The van der Waals surface area contributed by atoms with Crippen LogP contribution in [0.25, 0.3) is 0 Å². The van der Waals surface area contributed by atoms with Crippen LogP contribution >= 0.6 is 0 Å². The lowest BCUT2D eigenvalue weighted by Crippen LogP contribution is -2.46. The number of cyclic esters (lactones) is 1. The Labute approximate surface area is 109 Å². The molecule has 1 atom stereocenters. The Balaban J connectivity index is 2.27. The molecule has 1 amide bonds. The number of rotatable bonds is 3. The number of amides is 1. The van der Waals surface area contributed by atoms with Crippen molar-refractivity contribution in [3.8, 4) is 6.07 Å². The maximum Gasteiger partial charge on any atom is 0.414 e.